The Morgan fingerprint density at radius 1 is 1.15 bits per heavy atom. The van der Waals surface area contributed by atoms with Gasteiger partial charge in [0.25, 0.3) is 0 Å². The summed E-state index contributed by atoms with van der Waals surface area (Å²) in [6, 6.07) is 5.26. The van der Waals surface area contributed by atoms with E-state index < -0.39 is 0 Å². The first kappa shape index (κ1) is 26.8. The van der Waals surface area contributed by atoms with Crippen molar-refractivity contribution in [2.75, 3.05) is 19.6 Å². The molecule has 4 aromatic heterocycles. The fourth-order valence-electron chi connectivity index (χ4n) is 5.59. The molecule has 1 saturated heterocycles. The number of imidazole rings is 2. The van der Waals surface area contributed by atoms with Gasteiger partial charge >= 0.3 is 0 Å². The molecule has 0 spiro atoms. The summed E-state index contributed by atoms with van der Waals surface area (Å²) in [6.45, 7) is 11.7. The van der Waals surface area contributed by atoms with Crippen LogP contribution in [0.2, 0.25) is 0 Å². The van der Waals surface area contributed by atoms with E-state index in [0.29, 0.717) is 11.5 Å². The van der Waals surface area contributed by atoms with Gasteiger partial charge in [0.05, 0.1) is 34.5 Å². The van der Waals surface area contributed by atoms with E-state index in [1.807, 2.05) is 39.2 Å². The van der Waals surface area contributed by atoms with Crippen LogP contribution >= 0.6 is 0 Å². The molecule has 0 aliphatic carbocycles. The summed E-state index contributed by atoms with van der Waals surface area (Å²) in [5, 5.41) is 9.11. The van der Waals surface area contributed by atoms with Crippen molar-refractivity contribution in [1.29, 1.82) is 0 Å². The molecule has 0 bridgehead atoms. The number of aromatic amines is 2. The molecule has 1 aromatic carbocycles. The van der Waals surface area contributed by atoms with Gasteiger partial charge < -0.3 is 14.5 Å². The lowest BCUT2D eigenvalue weighted by atomic mass is 10.0. The molecular weight excluding hydrogens is 515 g/mol. The maximum absolute atomic E-state index is 14.7. The van der Waals surface area contributed by atoms with Crippen molar-refractivity contribution in [1.82, 2.24) is 39.6 Å². The number of nitrogens with zero attached hydrogens (tertiary/aromatic N) is 6. The van der Waals surface area contributed by atoms with Crippen LogP contribution in [0.4, 0.5) is 4.39 Å². The number of rotatable bonds is 8. The highest BCUT2D eigenvalue weighted by atomic mass is 19.1. The predicted octanol–water partition coefficient (Wildman–Crippen LogP) is 4.52. The summed E-state index contributed by atoms with van der Waals surface area (Å²) in [5.74, 6) is 1.30. The van der Waals surface area contributed by atoms with E-state index >= 15 is 0 Å². The maximum Gasteiger partial charge on any atom is 0.159 e. The Kier molecular flexibility index (Phi) is 7.36. The minimum atomic E-state index is -0.247. The van der Waals surface area contributed by atoms with Gasteiger partial charge in [-0.2, -0.15) is 5.10 Å². The predicted molar refractivity (Wildman–Crippen MR) is 162 cm³/mol. The van der Waals surface area contributed by atoms with E-state index in [9.17, 15) is 4.39 Å². The molecule has 0 atom stereocenters. The number of likely N-dealkylation sites (tertiary alicyclic amines) is 1. The number of hydrogen-bond donors (Lipinski definition) is 2. The van der Waals surface area contributed by atoms with Crippen LogP contribution in [0.5, 0.6) is 0 Å². The van der Waals surface area contributed by atoms with Crippen LogP contribution in [0.3, 0.4) is 0 Å². The number of benzene rings is 1. The van der Waals surface area contributed by atoms with Gasteiger partial charge in [-0.25, -0.2) is 14.4 Å². The van der Waals surface area contributed by atoms with Crippen LogP contribution in [0.15, 0.2) is 42.9 Å². The number of allylic oxidation sites excluding steroid dienone is 2. The van der Waals surface area contributed by atoms with Crippen molar-refractivity contribution >= 4 is 29.3 Å². The molecule has 41 heavy (non-hydrogen) atoms. The van der Waals surface area contributed by atoms with Crippen LogP contribution in [-0.2, 0) is 13.5 Å². The largest absolute Gasteiger partial charge is 0.335 e. The van der Waals surface area contributed by atoms with E-state index in [2.05, 4.69) is 47.3 Å². The lowest BCUT2D eigenvalue weighted by Crippen LogP contribution is -2.21. The number of nitrogens with one attached hydrogen (secondary N) is 2. The quantitative estimate of drug-likeness (QED) is 0.297. The average Bonchev–Trinajstić information content (AvgIpc) is 3.75. The third-order valence-corrected chi connectivity index (χ3v) is 8.05. The molecule has 1 aliphatic heterocycles. The minimum Gasteiger partial charge on any atom is -0.335 e. The van der Waals surface area contributed by atoms with Crippen LogP contribution in [0.25, 0.3) is 51.9 Å². The SMILES string of the molecule is C=c1c(-c2nc3c(-c4cc(F)cc(CCCN5CCCC5)c4)cncc3[nH]2)n[nH]/c1=C/C=C(\C)c1cnc(C)n1C. The maximum atomic E-state index is 14.7. The molecule has 0 radical (unpaired) electrons. The topological polar surface area (TPSA) is 91.3 Å². The van der Waals surface area contributed by atoms with E-state index in [0.717, 1.165) is 74.8 Å². The first-order valence-electron chi connectivity index (χ1n) is 14.1. The number of hydrogen-bond acceptors (Lipinski definition) is 5. The molecule has 2 N–H and O–H groups in total. The van der Waals surface area contributed by atoms with Crippen LogP contribution in [-0.4, -0.2) is 59.2 Å². The van der Waals surface area contributed by atoms with Gasteiger partial charge in [-0.3, -0.25) is 10.1 Å². The molecule has 210 valence electrons. The van der Waals surface area contributed by atoms with Gasteiger partial charge in [0, 0.05) is 24.0 Å². The van der Waals surface area contributed by atoms with Gasteiger partial charge in [0.15, 0.2) is 5.82 Å². The summed E-state index contributed by atoms with van der Waals surface area (Å²) in [6.07, 6.45) is 13.7. The first-order chi connectivity index (χ1) is 19.9. The fourth-order valence-corrected chi connectivity index (χ4v) is 5.59. The van der Waals surface area contributed by atoms with E-state index in [4.69, 9.17) is 4.98 Å². The number of pyridine rings is 1. The molecule has 5 heterocycles. The van der Waals surface area contributed by atoms with Crippen molar-refractivity contribution in [2.45, 2.75) is 39.5 Å². The second kappa shape index (κ2) is 11.2. The van der Waals surface area contributed by atoms with Crippen molar-refractivity contribution in [3.63, 3.8) is 0 Å². The molecule has 0 saturated carbocycles. The van der Waals surface area contributed by atoms with Crippen LogP contribution in [0.1, 0.15) is 43.3 Å². The van der Waals surface area contributed by atoms with E-state index in [1.54, 1.807) is 24.5 Å². The second-order valence-electron chi connectivity index (χ2n) is 10.9. The third kappa shape index (κ3) is 5.50. The molecule has 5 aromatic rings. The van der Waals surface area contributed by atoms with Gasteiger partial charge in [0.2, 0.25) is 0 Å². The van der Waals surface area contributed by atoms with Crippen LogP contribution in [0, 0.1) is 12.7 Å². The summed E-state index contributed by atoms with van der Waals surface area (Å²) < 4.78 is 16.8. The summed E-state index contributed by atoms with van der Waals surface area (Å²) in [7, 11) is 2.00. The smallest absolute Gasteiger partial charge is 0.159 e. The van der Waals surface area contributed by atoms with Gasteiger partial charge in [-0.05, 0) is 94.1 Å². The first-order valence-corrected chi connectivity index (χ1v) is 14.1. The Bertz CT molecular complexity index is 1850. The molecule has 6 rings (SSSR count). The van der Waals surface area contributed by atoms with E-state index in [-0.39, 0.29) is 5.82 Å². The Hall–Kier alpha value is -4.37. The lowest BCUT2D eigenvalue weighted by molar-refractivity contribution is 0.334. The second-order valence-corrected chi connectivity index (χ2v) is 10.9. The summed E-state index contributed by atoms with van der Waals surface area (Å²) in [5.41, 5.74) is 6.78. The highest BCUT2D eigenvalue weighted by molar-refractivity contribution is 5.92. The molecular formula is C32H35FN8. The van der Waals surface area contributed by atoms with Crippen LogP contribution < -0.4 is 10.6 Å². The zero-order valence-electron chi connectivity index (χ0n) is 23.8. The Labute approximate surface area is 238 Å². The molecule has 9 heteroatoms. The molecule has 0 unspecified atom stereocenters. The average molecular weight is 551 g/mol. The van der Waals surface area contributed by atoms with Crippen molar-refractivity contribution in [3.05, 3.63) is 76.3 Å². The number of H-pyrrole nitrogens is 2. The van der Waals surface area contributed by atoms with Gasteiger partial charge in [0.1, 0.15) is 17.3 Å². The summed E-state index contributed by atoms with van der Waals surface area (Å²) in [4.78, 5) is 19.5. The molecule has 8 nitrogen and oxygen atoms in total. The number of aromatic nitrogens is 7. The molecule has 1 aliphatic rings. The monoisotopic (exact) mass is 550 g/mol. The minimum absolute atomic E-state index is 0.247. The highest BCUT2D eigenvalue weighted by Crippen LogP contribution is 2.29. The number of halogens is 1. The van der Waals surface area contributed by atoms with Crippen molar-refractivity contribution < 1.29 is 4.39 Å². The Morgan fingerprint density at radius 3 is 2.76 bits per heavy atom. The zero-order valence-corrected chi connectivity index (χ0v) is 23.8. The van der Waals surface area contributed by atoms with Gasteiger partial charge in [-0.1, -0.05) is 18.7 Å². The van der Waals surface area contributed by atoms with Crippen molar-refractivity contribution in [2.24, 2.45) is 7.05 Å². The fraction of sp³-hybridized carbons (Fsp3) is 0.312. The lowest BCUT2D eigenvalue weighted by Gasteiger charge is -2.14. The zero-order chi connectivity index (χ0) is 28.5. The standard InChI is InChI=1S/C32H35FN8/c1-20(29-19-35-22(3)40(29)4)9-10-27-21(2)30(39-38-27)32-36-28-18-34-17-26(31(28)37-32)24-14-23(15-25(33)16-24)8-7-13-41-11-5-6-12-41/h9-10,14-19,38H,2,5-8,11-13H2,1,3-4H3,(H,36,37)/b20-9+,27-10+. The van der Waals surface area contributed by atoms with Crippen molar-refractivity contribution in [3.8, 4) is 22.6 Å². The molecule has 1 fully saturated rings. The number of fused-ring (bicyclic) bond motifs is 1. The normalized spacial score (nSPS) is 15.0. The highest BCUT2D eigenvalue weighted by Gasteiger charge is 2.16. The molecule has 0 amide bonds. The van der Waals surface area contributed by atoms with Gasteiger partial charge in [-0.15, -0.1) is 0 Å². The Balaban J connectivity index is 1.28. The number of aryl methyl sites for hydroxylation is 2. The third-order valence-electron chi connectivity index (χ3n) is 8.05. The van der Waals surface area contributed by atoms with E-state index in [1.165, 1.54) is 25.9 Å². The Morgan fingerprint density at radius 2 is 1.98 bits per heavy atom. The summed E-state index contributed by atoms with van der Waals surface area (Å²) >= 11 is 0.